The van der Waals surface area contributed by atoms with Crippen molar-refractivity contribution in [1.82, 2.24) is 20.4 Å². The van der Waals surface area contributed by atoms with Crippen LogP contribution >= 0.6 is 11.3 Å². The molecule has 0 saturated heterocycles. The van der Waals surface area contributed by atoms with Crippen LogP contribution in [0.3, 0.4) is 0 Å². The van der Waals surface area contributed by atoms with Gasteiger partial charge in [0.25, 0.3) is 0 Å². The molecular weight excluding hydrogens is 348 g/mol. The van der Waals surface area contributed by atoms with E-state index in [0.717, 1.165) is 17.7 Å². The molecule has 7 heteroatoms. The van der Waals surface area contributed by atoms with Gasteiger partial charge in [-0.2, -0.15) is 4.98 Å². The van der Waals surface area contributed by atoms with Crippen LogP contribution in [-0.4, -0.2) is 47.1 Å². The lowest BCUT2D eigenvalue weighted by molar-refractivity contribution is -0.121. The predicted octanol–water partition coefficient (Wildman–Crippen LogP) is 3.50. The van der Waals surface area contributed by atoms with Gasteiger partial charge >= 0.3 is 0 Å². The molecular formula is C19H28N4O2S. The molecule has 0 aromatic carbocycles. The molecule has 2 aromatic rings. The lowest BCUT2D eigenvalue weighted by atomic mass is 9.88. The van der Waals surface area contributed by atoms with Gasteiger partial charge in [0.2, 0.25) is 17.6 Å². The molecule has 0 unspecified atom stereocenters. The summed E-state index contributed by atoms with van der Waals surface area (Å²) in [5.74, 6) is 1.16. The number of rotatable bonds is 7. The Hall–Kier alpha value is -1.73. The molecule has 2 aromatic heterocycles. The van der Waals surface area contributed by atoms with E-state index in [1.54, 1.807) is 11.3 Å². The Kier molecular flexibility index (Phi) is 6.43. The Morgan fingerprint density at radius 3 is 2.73 bits per heavy atom. The largest absolute Gasteiger partial charge is 0.354 e. The Labute approximate surface area is 159 Å². The van der Waals surface area contributed by atoms with E-state index in [-0.39, 0.29) is 11.4 Å². The highest BCUT2D eigenvalue weighted by atomic mass is 32.1. The third-order valence-corrected chi connectivity index (χ3v) is 6.24. The maximum absolute atomic E-state index is 12.3. The molecule has 1 N–H and O–H groups in total. The minimum absolute atomic E-state index is 0.0475. The smallest absolute Gasteiger partial charge is 0.227 e. The predicted molar refractivity (Wildman–Crippen MR) is 103 cm³/mol. The summed E-state index contributed by atoms with van der Waals surface area (Å²) in [6, 6.07) is 3.91. The van der Waals surface area contributed by atoms with Crippen LogP contribution in [0.25, 0.3) is 10.7 Å². The zero-order valence-electron chi connectivity index (χ0n) is 15.7. The van der Waals surface area contributed by atoms with E-state index < -0.39 is 0 Å². The monoisotopic (exact) mass is 376 g/mol. The molecule has 1 fully saturated rings. The van der Waals surface area contributed by atoms with Crippen molar-refractivity contribution in [3.63, 3.8) is 0 Å². The minimum Gasteiger partial charge on any atom is -0.354 e. The van der Waals surface area contributed by atoms with Gasteiger partial charge in [-0.15, -0.1) is 11.3 Å². The van der Waals surface area contributed by atoms with Gasteiger partial charge in [-0.3, -0.25) is 4.79 Å². The number of carbonyl (C=O) groups excluding carboxylic acids is 1. The van der Waals surface area contributed by atoms with E-state index in [1.807, 2.05) is 17.5 Å². The topological polar surface area (TPSA) is 71.3 Å². The summed E-state index contributed by atoms with van der Waals surface area (Å²) in [6.07, 6.45) is 8.21. The van der Waals surface area contributed by atoms with E-state index >= 15 is 0 Å². The Balaban J connectivity index is 1.49. The van der Waals surface area contributed by atoms with Crippen molar-refractivity contribution < 1.29 is 9.32 Å². The number of aromatic nitrogens is 2. The lowest BCUT2D eigenvalue weighted by Gasteiger charge is -2.39. The van der Waals surface area contributed by atoms with Crippen LogP contribution in [0.1, 0.15) is 50.8 Å². The van der Waals surface area contributed by atoms with Gasteiger partial charge in [-0.25, -0.2) is 0 Å². The highest BCUT2D eigenvalue weighted by Gasteiger charge is 2.33. The van der Waals surface area contributed by atoms with Crippen LogP contribution < -0.4 is 5.32 Å². The summed E-state index contributed by atoms with van der Waals surface area (Å²) in [5.41, 5.74) is 0.0863. The summed E-state index contributed by atoms with van der Waals surface area (Å²) in [5, 5.41) is 9.10. The first-order valence-electron chi connectivity index (χ1n) is 9.40. The normalized spacial score (nSPS) is 17.2. The molecule has 1 aliphatic carbocycles. The molecule has 6 nitrogen and oxygen atoms in total. The number of aryl methyl sites for hydroxylation is 1. The molecule has 3 rings (SSSR count). The number of amides is 1. The third kappa shape index (κ3) is 4.71. The molecule has 26 heavy (non-hydrogen) atoms. The fourth-order valence-corrected chi connectivity index (χ4v) is 4.25. The lowest BCUT2D eigenvalue weighted by Crippen LogP contribution is -2.52. The van der Waals surface area contributed by atoms with Crippen LogP contribution in [0.15, 0.2) is 22.0 Å². The standard InChI is InChI=1S/C19H28N4O2S/c1-23(2)19(11-5-3-4-6-12-19)14-20-16(24)9-10-17-21-18(22-25-17)15-8-7-13-26-15/h7-8,13H,3-6,9-12,14H2,1-2H3,(H,20,24). The minimum atomic E-state index is 0.0475. The van der Waals surface area contributed by atoms with E-state index in [0.29, 0.717) is 31.1 Å². The second-order valence-corrected chi connectivity index (χ2v) is 8.25. The summed E-state index contributed by atoms with van der Waals surface area (Å²) >= 11 is 1.57. The summed E-state index contributed by atoms with van der Waals surface area (Å²) in [6.45, 7) is 0.711. The zero-order valence-corrected chi connectivity index (χ0v) is 16.5. The molecule has 0 spiro atoms. The Morgan fingerprint density at radius 1 is 1.31 bits per heavy atom. The zero-order chi connectivity index (χ0) is 18.4. The maximum Gasteiger partial charge on any atom is 0.227 e. The fourth-order valence-electron chi connectivity index (χ4n) is 3.60. The van der Waals surface area contributed by atoms with Crippen molar-refractivity contribution in [2.45, 2.75) is 56.9 Å². The number of carbonyl (C=O) groups is 1. The van der Waals surface area contributed by atoms with Gasteiger partial charge in [0, 0.05) is 24.9 Å². The quantitative estimate of drug-likeness (QED) is 0.749. The molecule has 1 aliphatic rings. The van der Waals surface area contributed by atoms with Crippen LogP contribution in [-0.2, 0) is 11.2 Å². The average molecular weight is 377 g/mol. The molecule has 0 aliphatic heterocycles. The molecule has 142 valence electrons. The number of nitrogens with zero attached hydrogens (tertiary/aromatic N) is 3. The molecule has 0 radical (unpaired) electrons. The van der Waals surface area contributed by atoms with Gasteiger partial charge in [-0.05, 0) is 38.4 Å². The second kappa shape index (κ2) is 8.77. The number of nitrogens with one attached hydrogen (secondary N) is 1. The van der Waals surface area contributed by atoms with Gasteiger partial charge in [0.1, 0.15) is 0 Å². The van der Waals surface area contributed by atoms with Crippen molar-refractivity contribution in [3.05, 3.63) is 23.4 Å². The van der Waals surface area contributed by atoms with E-state index in [2.05, 4.69) is 34.5 Å². The molecule has 1 amide bonds. The Morgan fingerprint density at radius 2 is 2.08 bits per heavy atom. The molecule has 0 bridgehead atoms. The third-order valence-electron chi connectivity index (χ3n) is 5.37. The Bertz CT molecular complexity index is 688. The molecule has 0 atom stereocenters. The van der Waals surface area contributed by atoms with Crippen LogP contribution in [0.2, 0.25) is 0 Å². The summed E-state index contributed by atoms with van der Waals surface area (Å²) < 4.78 is 5.27. The van der Waals surface area contributed by atoms with Crippen LogP contribution in [0.5, 0.6) is 0 Å². The van der Waals surface area contributed by atoms with Crippen molar-refractivity contribution in [2.75, 3.05) is 20.6 Å². The first-order valence-corrected chi connectivity index (χ1v) is 10.3. The van der Waals surface area contributed by atoms with Gasteiger partial charge < -0.3 is 14.7 Å². The van der Waals surface area contributed by atoms with Crippen molar-refractivity contribution >= 4 is 17.2 Å². The average Bonchev–Trinajstić information content (AvgIpc) is 3.26. The summed E-state index contributed by atoms with van der Waals surface area (Å²) in [7, 11) is 4.25. The van der Waals surface area contributed by atoms with E-state index in [4.69, 9.17) is 4.52 Å². The van der Waals surface area contributed by atoms with Crippen molar-refractivity contribution in [3.8, 4) is 10.7 Å². The van der Waals surface area contributed by atoms with E-state index in [9.17, 15) is 4.79 Å². The molecule has 1 saturated carbocycles. The van der Waals surface area contributed by atoms with Gasteiger partial charge in [-0.1, -0.05) is 36.9 Å². The van der Waals surface area contributed by atoms with Gasteiger partial charge in [0.05, 0.1) is 4.88 Å². The SMILES string of the molecule is CN(C)C1(CNC(=O)CCc2nc(-c3cccs3)no2)CCCCCC1. The first kappa shape index (κ1) is 19.0. The highest BCUT2D eigenvalue weighted by Crippen LogP contribution is 2.30. The maximum atomic E-state index is 12.3. The number of hydrogen-bond donors (Lipinski definition) is 1. The number of likely N-dealkylation sites (N-methyl/N-ethyl adjacent to an activating group) is 1. The highest BCUT2D eigenvalue weighted by molar-refractivity contribution is 7.13. The summed E-state index contributed by atoms with van der Waals surface area (Å²) in [4.78, 5) is 20.0. The van der Waals surface area contributed by atoms with Crippen LogP contribution in [0.4, 0.5) is 0 Å². The first-order chi connectivity index (χ1) is 12.6. The van der Waals surface area contributed by atoms with Gasteiger partial charge in [0.15, 0.2) is 0 Å². The number of hydrogen-bond acceptors (Lipinski definition) is 6. The fraction of sp³-hybridized carbons (Fsp3) is 0.632. The van der Waals surface area contributed by atoms with E-state index in [1.165, 1.54) is 25.7 Å². The second-order valence-electron chi connectivity index (χ2n) is 7.30. The van der Waals surface area contributed by atoms with Crippen molar-refractivity contribution in [1.29, 1.82) is 0 Å². The van der Waals surface area contributed by atoms with Crippen LogP contribution in [0, 0.1) is 0 Å². The van der Waals surface area contributed by atoms with Crippen molar-refractivity contribution in [2.24, 2.45) is 0 Å². The molecule has 2 heterocycles. The number of thiophene rings is 1.